The van der Waals surface area contributed by atoms with Crippen LogP contribution in [0.1, 0.15) is 25.2 Å². The summed E-state index contributed by atoms with van der Waals surface area (Å²) in [5, 5.41) is 1.08. The average Bonchev–Trinajstić information content (AvgIpc) is 2.85. The van der Waals surface area contributed by atoms with Gasteiger partial charge in [-0.15, -0.1) is 0 Å². The summed E-state index contributed by atoms with van der Waals surface area (Å²) in [5.74, 6) is -0.778. The summed E-state index contributed by atoms with van der Waals surface area (Å²) in [7, 11) is -3.33. The Kier molecular flexibility index (Phi) is 4.42. The molecule has 5 nitrogen and oxygen atoms in total. The number of aromatic nitrogens is 1. The fourth-order valence-corrected chi connectivity index (χ4v) is 3.63. The summed E-state index contributed by atoms with van der Waals surface area (Å²) in [6.45, 7) is 4.14. The highest BCUT2D eigenvalue weighted by atomic mass is 31.2. The molecule has 0 fully saturated rings. The zero-order valence-electron chi connectivity index (χ0n) is 11.1. The molecule has 104 valence electrons. The molecule has 0 radical (unpaired) electrons. The number of hydrogen-bond acceptors (Lipinski definition) is 4. The van der Waals surface area contributed by atoms with Crippen LogP contribution in [0.15, 0.2) is 30.5 Å². The van der Waals surface area contributed by atoms with Crippen molar-refractivity contribution in [3.63, 3.8) is 0 Å². The lowest BCUT2D eigenvalue weighted by atomic mass is 10.1. The van der Waals surface area contributed by atoms with Gasteiger partial charge in [-0.2, -0.15) is 0 Å². The molecule has 19 heavy (non-hydrogen) atoms. The van der Waals surface area contributed by atoms with Gasteiger partial charge in [0.05, 0.1) is 13.2 Å². The van der Waals surface area contributed by atoms with E-state index in [4.69, 9.17) is 14.8 Å². The van der Waals surface area contributed by atoms with Crippen molar-refractivity contribution in [2.45, 2.75) is 19.6 Å². The lowest BCUT2D eigenvalue weighted by Crippen LogP contribution is -2.15. The van der Waals surface area contributed by atoms with Crippen LogP contribution < -0.4 is 5.73 Å². The van der Waals surface area contributed by atoms with Crippen molar-refractivity contribution < 1.29 is 13.6 Å². The minimum Gasteiger partial charge on any atom is -0.361 e. The second kappa shape index (κ2) is 5.88. The third-order valence-corrected chi connectivity index (χ3v) is 5.10. The summed E-state index contributed by atoms with van der Waals surface area (Å²) in [4.78, 5) is 3.10. The maximum Gasteiger partial charge on any atom is 0.351 e. The van der Waals surface area contributed by atoms with Gasteiger partial charge in [-0.3, -0.25) is 4.57 Å². The Labute approximate surface area is 112 Å². The predicted octanol–water partition coefficient (Wildman–Crippen LogP) is 3.39. The number of nitrogens with two attached hydrogens (primary N) is 1. The minimum absolute atomic E-state index is 0.301. The van der Waals surface area contributed by atoms with Gasteiger partial charge in [-0.05, 0) is 36.9 Å². The first-order valence-electron chi connectivity index (χ1n) is 6.32. The largest absolute Gasteiger partial charge is 0.361 e. The van der Waals surface area contributed by atoms with Crippen LogP contribution in [-0.4, -0.2) is 18.2 Å². The van der Waals surface area contributed by atoms with Crippen LogP contribution in [0.4, 0.5) is 0 Å². The Balaban J connectivity index is 2.34. The first-order chi connectivity index (χ1) is 9.10. The van der Waals surface area contributed by atoms with E-state index in [9.17, 15) is 4.57 Å². The number of benzene rings is 1. The molecule has 2 rings (SSSR count). The van der Waals surface area contributed by atoms with Gasteiger partial charge in [0.25, 0.3) is 0 Å². The molecule has 0 bridgehead atoms. The molecule has 6 heteroatoms. The Bertz CT molecular complexity index is 586. The van der Waals surface area contributed by atoms with E-state index in [0.717, 1.165) is 16.5 Å². The highest BCUT2D eigenvalue weighted by Gasteiger charge is 2.33. The van der Waals surface area contributed by atoms with Crippen molar-refractivity contribution in [3.05, 3.63) is 36.0 Å². The van der Waals surface area contributed by atoms with Crippen LogP contribution in [0.25, 0.3) is 10.9 Å². The topological polar surface area (TPSA) is 77.3 Å². The predicted molar refractivity (Wildman–Crippen MR) is 76.1 cm³/mol. The van der Waals surface area contributed by atoms with Gasteiger partial charge >= 0.3 is 7.60 Å². The fourth-order valence-electron chi connectivity index (χ4n) is 1.99. The summed E-state index contributed by atoms with van der Waals surface area (Å²) in [5.41, 5.74) is 7.77. The first kappa shape index (κ1) is 14.3. The van der Waals surface area contributed by atoms with Crippen molar-refractivity contribution >= 4 is 18.5 Å². The lowest BCUT2D eigenvalue weighted by Gasteiger charge is -2.23. The van der Waals surface area contributed by atoms with Crippen molar-refractivity contribution in [1.82, 2.24) is 4.98 Å². The molecule has 1 heterocycles. The molecule has 0 unspecified atom stereocenters. The van der Waals surface area contributed by atoms with E-state index in [1.165, 1.54) is 0 Å². The Morgan fingerprint density at radius 2 is 1.95 bits per heavy atom. The summed E-state index contributed by atoms with van der Waals surface area (Å²) < 4.78 is 23.2. The number of H-pyrrole nitrogens is 1. The molecule has 0 saturated carbocycles. The van der Waals surface area contributed by atoms with Crippen LogP contribution in [-0.2, 0) is 13.6 Å². The molecule has 1 aromatic carbocycles. The molecule has 0 aliphatic carbocycles. The van der Waals surface area contributed by atoms with Gasteiger partial charge in [0.2, 0.25) is 0 Å². The zero-order chi connectivity index (χ0) is 13.9. The molecule has 2 aromatic rings. The normalized spacial score (nSPS) is 13.8. The van der Waals surface area contributed by atoms with Crippen LogP contribution in [0.3, 0.4) is 0 Å². The molecule has 1 atom stereocenters. The van der Waals surface area contributed by atoms with E-state index >= 15 is 0 Å². The van der Waals surface area contributed by atoms with Crippen LogP contribution >= 0.6 is 7.60 Å². The smallest absolute Gasteiger partial charge is 0.351 e. The molecule has 0 spiro atoms. The van der Waals surface area contributed by atoms with Crippen molar-refractivity contribution in [1.29, 1.82) is 0 Å². The zero-order valence-corrected chi connectivity index (χ0v) is 12.0. The molecule has 0 amide bonds. The third kappa shape index (κ3) is 2.90. The molecule has 1 aromatic heterocycles. The van der Waals surface area contributed by atoms with E-state index in [1.54, 1.807) is 13.8 Å². The van der Waals surface area contributed by atoms with Gasteiger partial charge in [0.1, 0.15) is 5.78 Å². The molecule has 0 aliphatic heterocycles. The Morgan fingerprint density at radius 1 is 1.26 bits per heavy atom. The SMILES string of the molecule is CCOP(=O)(OCC)[C@H](N)c1ccc2cc[nH]c2c1. The Morgan fingerprint density at radius 3 is 2.58 bits per heavy atom. The lowest BCUT2D eigenvalue weighted by molar-refractivity contribution is 0.212. The Hall–Kier alpha value is -1.13. The minimum atomic E-state index is -3.33. The van der Waals surface area contributed by atoms with Gasteiger partial charge in [0, 0.05) is 11.7 Å². The monoisotopic (exact) mass is 282 g/mol. The second-order valence-corrected chi connectivity index (χ2v) is 6.30. The van der Waals surface area contributed by atoms with Gasteiger partial charge in [-0.1, -0.05) is 12.1 Å². The third-order valence-electron chi connectivity index (χ3n) is 2.88. The summed E-state index contributed by atoms with van der Waals surface area (Å²) >= 11 is 0. The van der Waals surface area contributed by atoms with Crippen molar-refractivity contribution in [3.8, 4) is 0 Å². The summed E-state index contributed by atoms with van der Waals surface area (Å²) in [6.07, 6.45) is 1.85. The van der Waals surface area contributed by atoms with Crippen molar-refractivity contribution in [2.75, 3.05) is 13.2 Å². The van der Waals surface area contributed by atoms with Gasteiger partial charge in [-0.25, -0.2) is 0 Å². The second-order valence-electron chi connectivity index (χ2n) is 4.14. The maximum atomic E-state index is 12.6. The van der Waals surface area contributed by atoms with E-state index < -0.39 is 13.4 Å². The number of rotatable bonds is 6. The number of hydrogen-bond donors (Lipinski definition) is 2. The van der Waals surface area contributed by atoms with E-state index in [2.05, 4.69) is 4.98 Å². The van der Waals surface area contributed by atoms with Gasteiger partial charge < -0.3 is 19.8 Å². The molecule has 3 N–H and O–H groups in total. The van der Waals surface area contributed by atoms with Crippen molar-refractivity contribution in [2.24, 2.45) is 5.73 Å². The quantitative estimate of drug-likeness (QED) is 0.796. The maximum absolute atomic E-state index is 12.6. The molecule has 0 saturated heterocycles. The van der Waals surface area contributed by atoms with Crippen LogP contribution in [0.2, 0.25) is 0 Å². The molecular weight excluding hydrogens is 263 g/mol. The van der Waals surface area contributed by atoms with Crippen LogP contribution in [0, 0.1) is 0 Å². The summed E-state index contributed by atoms with van der Waals surface area (Å²) in [6, 6.07) is 7.63. The highest BCUT2D eigenvalue weighted by Crippen LogP contribution is 2.58. The molecule has 0 aliphatic rings. The van der Waals surface area contributed by atoms with E-state index in [0.29, 0.717) is 13.2 Å². The first-order valence-corrected chi connectivity index (χ1v) is 7.93. The van der Waals surface area contributed by atoms with Crippen LogP contribution in [0.5, 0.6) is 0 Å². The number of fused-ring (bicyclic) bond motifs is 1. The number of aromatic amines is 1. The standard InChI is InChI=1S/C13H19N2O3P/c1-3-17-19(16,18-4-2)13(14)11-6-5-10-7-8-15-12(10)9-11/h5-9,13,15H,3-4,14H2,1-2H3/t13-/m0/s1. The highest BCUT2D eigenvalue weighted by molar-refractivity contribution is 7.54. The van der Waals surface area contributed by atoms with Gasteiger partial charge in [0.15, 0.2) is 0 Å². The fraction of sp³-hybridized carbons (Fsp3) is 0.385. The van der Waals surface area contributed by atoms with E-state index in [1.807, 2.05) is 30.5 Å². The molecular formula is C13H19N2O3P. The average molecular weight is 282 g/mol. The number of nitrogens with one attached hydrogen (secondary N) is 1. The van der Waals surface area contributed by atoms with E-state index in [-0.39, 0.29) is 0 Å².